The number of rotatable bonds is 4. The van der Waals surface area contributed by atoms with Crippen LogP contribution in [0.25, 0.3) is 0 Å². The largest absolute Gasteiger partial charge is 0.361 e. The molecule has 0 aromatic carbocycles. The van der Waals surface area contributed by atoms with Gasteiger partial charge in [-0.25, -0.2) is 9.79 Å². The summed E-state index contributed by atoms with van der Waals surface area (Å²) in [5.41, 5.74) is 0.876. The standard InChI is InChI=1S/C9H10N2O2/c12-6-10-4-3-8-5-9(13-11-8)7-1-2-7/h5,7H,1-4H2. The number of carbonyl (C=O) groups excluding carboxylic acids is 1. The highest BCUT2D eigenvalue weighted by atomic mass is 16.5. The molecular weight excluding hydrogens is 168 g/mol. The SMILES string of the molecule is O=C=NCCc1cc(C2CC2)on1. The summed E-state index contributed by atoms with van der Waals surface area (Å²) in [6.45, 7) is 0.445. The van der Waals surface area contributed by atoms with E-state index in [4.69, 9.17) is 4.52 Å². The summed E-state index contributed by atoms with van der Waals surface area (Å²) in [6, 6.07) is 1.96. The van der Waals surface area contributed by atoms with E-state index in [0.717, 1.165) is 11.5 Å². The van der Waals surface area contributed by atoms with Gasteiger partial charge in [0, 0.05) is 18.4 Å². The second kappa shape index (κ2) is 3.54. The first kappa shape index (κ1) is 8.20. The molecule has 1 aliphatic carbocycles. The lowest BCUT2D eigenvalue weighted by atomic mass is 10.2. The number of hydrogen-bond acceptors (Lipinski definition) is 4. The summed E-state index contributed by atoms with van der Waals surface area (Å²) >= 11 is 0. The van der Waals surface area contributed by atoms with E-state index in [1.165, 1.54) is 18.9 Å². The van der Waals surface area contributed by atoms with E-state index in [-0.39, 0.29) is 0 Å². The number of aliphatic imine (C=N–C) groups is 1. The molecule has 0 aliphatic heterocycles. The Labute approximate surface area is 75.6 Å². The third-order valence-electron chi connectivity index (χ3n) is 2.10. The molecule has 1 aliphatic rings. The van der Waals surface area contributed by atoms with Gasteiger partial charge in [0.25, 0.3) is 0 Å². The van der Waals surface area contributed by atoms with Crippen LogP contribution >= 0.6 is 0 Å². The number of aromatic nitrogens is 1. The molecule has 1 aromatic rings. The van der Waals surface area contributed by atoms with Crippen LogP contribution in [0.15, 0.2) is 15.6 Å². The molecular formula is C9H10N2O2. The summed E-state index contributed by atoms with van der Waals surface area (Å²) < 4.78 is 5.13. The monoisotopic (exact) mass is 178 g/mol. The Balaban J connectivity index is 1.92. The lowest BCUT2D eigenvalue weighted by molar-refractivity contribution is 0.378. The molecule has 0 spiro atoms. The smallest absolute Gasteiger partial charge is 0.234 e. The van der Waals surface area contributed by atoms with Gasteiger partial charge in [-0.3, -0.25) is 0 Å². The average molecular weight is 178 g/mol. The Kier molecular flexibility index (Phi) is 2.23. The highest BCUT2D eigenvalue weighted by Gasteiger charge is 2.27. The van der Waals surface area contributed by atoms with Gasteiger partial charge in [0.15, 0.2) is 0 Å². The minimum atomic E-state index is 0.445. The Bertz CT molecular complexity index is 335. The van der Waals surface area contributed by atoms with Crippen LogP contribution in [0.5, 0.6) is 0 Å². The van der Waals surface area contributed by atoms with E-state index >= 15 is 0 Å². The Hall–Kier alpha value is -1.41. The molecule has 68 valence electrons. The molecule has 13 heavy (non-hydrogen) atoms. The van der Waals surface area contributed by atoms with Gasteiger partial charge in [-0.05, 0) is 12.8 Å². The van der Waals surface area contributed by atoms with Crippen molar-refractivity contribution in [2.24, 2.45) is 4.99 Å². The third-order valence-corrected chi connectivity index (χ3v) is 2.10. The molecule has 4 nitrogen and oxygen atoms in total. The van der Waals surface area contributed by atoms with Crippen LogP contribution in [0, 0.1) is 0 Å². The Morgan fingerprint density at radius 3 is 3.23 bits per heavy atom. The quantitative estimate of drug-likeness (QED) is 0.517. The van der Waals surface area contributed by atoms with Gasteiger partial charge in [0.2, 0.25) is 6.08 Å². The van der Waals surface area contributed by atoms with Crippen LogP contribution in [0.3, 0.4) is 0 Å². The van der Waals surface area contributed by atoms with Crippen LogP contribution in [-0.2, 0) is 11.2 Å². The van der Waals surface area contributed by atoms with Crippen molar-refractivity contribution in [2.75, 3.05) is 6.54 Å². The second-order valence-electron chi connectivity index (χ2n) is 3.22. The van der Waals surface area contributed by atoms with Gasteiger partial charge in [-0.2, -0.15) is 0 Å². The molecule has 1 saturated carbocycles. The molecule has 0 bridgehead atoms. The highest BCUT2D eigenvalue weighted by molar-refractivity contribution is 5.32. The topological polar surface area (TPSA) is 55.5 Å². The number of nitrogens with zero attached hydrogens (tertiary/aromatic N) is 2. The molecule has 0 radical (unpaired) electrons. The first-order valence-corrected chi connectivity index (χ1v) is 4.39. The molecule has 0 amide bonds. The fraction of sp³-hybridized carbons (Fsp3) is 0.556. The zero-order valence-electron chi connectivity index (χ0n) is 7.19. The van der Waals surface area contributed by atoms with Crippen LogP contribution < -0.4 is 0 Å². The Morgan fingerprint density at radius 1 is 1.69 bits per heavy atom. The molecule has 1 aromatic heterocycles. The molecule has 0 saturated heterocycles. The molecule has 0 unspecified atom stereocenters. The number of isocyanates is 1. The molecule has 0 N–H and O–H groups in total. The van der Waals surface area contributed by atoms with Crippen LogP contribution in [0.1, 0.15) is 30.2 Å². The van der Waals surface area contributed by atoms with Gasteiger partial charge >= 0.3 is 0 Å². The van der Waals surface area contributed by atoms with Crippen LogP contribution in [-0.4, -0.2) is 17.8 Å². The first-order chi connectivity index (χ1) is 6.40. The van der Waals surface area contributed by atoms with Crippen molar-refractivity contribution in [1.82, 2.24) is 5.16 Å². The van der Waals surface area contributed by atoms with Crippen LogP contribution in [0.2, 0.25) is 0 Å². The lowest BCUT2D eigenvalue weighted by Crippen LogP contribution is -1.87. The summed E-state index contributed by atoms with van der Waals surface area (Å²) in [7, 11) is 0. The number of hydrogen-bond donors (Lipinski definition) is 0. The van der Waals surface area contributed by atoms with E-state index in [9.17, 15) is 4.79 Å². The van der Waals surface area contributed by atoms with Gasteiger partial charge in [0.1, 0.15) is 5.76 Å². The third kappa shape index (κ3) is 2.04. The molecule has 0 atom stereocenters. The molecule has 2 rings (SSSR count). The second-order valence-corrected chi connectivity index (χ2v) is 3.22. The van der Waals surface area contributed by atoms with Crippen molar-refractivity contribution in [3.8, 4) is 0 Å². The van der Waals surface area contributed by atoms with E-state index in [1.54, 1.807) is 0 Å². The van der Waals surface area contributed by atoms with Crippen molar-refractivity contribution in [2.45, 2.75) is 25.2 Å². The van der Waals surface area contributed by atoms with E-state index < -0.39 is 0 Å². The zero-order chi connectivity index (χ0) is 9.10. The van der Waals surface area contributed by atoms with Crippen LogP contribution in [0.4, 0.5) is 0 Å². The first-order valence-electron chi connectivity index (χ1n) is 4.39. The molecule has 1 heterocycles. The summed E-state index contributed by atoms with van der Waals surface area (Å²) in [5.74, 6) is 1.57. The normalized spacial score (nSPS) is 15.4. The van der Waals surface area contributed by atoms with Gasteiger partial charge in [-0.15, -0.1) is 0 Å². The van der Waals surface area contributed by atoms with E-state index in [1.807, 2.05) is 6.07 Å². The maximum atomic E-state index is 9.78. The average Bonchev–Trinajstić information content (AvgIpc) is 2.88. The van der Waals surface area contributed by atoms with Crippen molar-refractivity contribution in [1.29, 1.82) is 0 Å². The van der Waals surface area contributed by atoms with Crippen molar-refractivity contribution >= 4 is 6.08 Å². The minimum Gasteiger partial charge on any atom is -0.361 e. The minimum absolute atomic E-state index is 0.445. The summed E-state index contributed by atoms with van der Waals surface area (Å²) in [6.07, 6.45) is 4.57. The van der Waals surface area contributed by atoms with Gasteiger partial charge in [0.05, 0.1) is 12.2 Å². The maximum Gasteiger partial charge on any atom is 0.234 e. The van der Waals surface area contributed by atoms with Crippen molar-refractivity contribution in [3.05, 3.63) is 17.5 Å². The predicted molar refractivity (Wildman–Crippen MR) is 45.2 cm³/mol. The molecule has 4 heteroatoms. The highest BCUT2D eigenvalue weighted by Crippen LogP contribution is 2.40. The van der Waals surface area contributed by atoms with E-state index in [0.29, 0.717) is 18.9 Å². The maximum absolute atomic E-state index is 9.78. The van der Waals surface area contributed by atoms with Gasteiger partial charge in [-0.1, -0.05) is 5.16 Å². The predicted octanol–water partition coefficient (Wildman–Crippen LogP) is 1.43. The van der Waals surface area contributed by atoms with Gasteiger partial charge < -0.3 is 4.52 Å². The molecule has 1 fully saturated rings. The zero-order valence-corrected chi connectivity index (χ0v) is 7.19. The fourth-order valence-electron chi connectivity index (χ4n) is 1.22. The summed E-state index contributed by atoms with van der Waals surface area (Å²) in [5, 5.41) is 3.88. The van der Waals surface area contributed by atoms with Crippen molar-refractivity contribution < 1.29 is 9.32 Å². The fourth-order valence-corrected chi connectivity index (χ4v) is 1.22. The Morgan fingerprint density at radius 2 is 2.54 bits per heavy atom. The lowest BCUT2D eigenvalue weighted by Gasteiger charge is -1.84. The summed E-state index contributed by atoms with van der Waals surface area (Å²) in [4.78, 5) is 13.2. The van der Waals surface area contributed by atoms with E-state index in [2.05, 4.69) is 10.1 Å². The van der Waals surface area contributed by atoms with Crippen molar-refractivity contribution in [3.63, 3.8) is 0 Å².